The van der Waals surface area contributed by atoms with E-state index in [0.29, 0.717) is 12.5 Å². The van der Waals surface area contributed by atoms with Crippen LogP contribution in [-0.2, 0) is 16.1 Å². The molecule has 144 valence electrons. The number of hydrogen-bond acceptors (Lipinski definition) is 5. The molecule has 3 rings (SSSR count). The van der Waals surface area contributed by atoms with Crippen molar-refractivity contribution in [2.45, 2.75) is 39.0 Å². The van der Waals surface area contributed by atoms with E-state index in [4.69, 9.17) is 14.2 Å². The SMILES string of the molecule is COc1cc(CN2CC[C@H]3COCC(=O)N(C)[C@H]3C2)ccc1OC(C)C. The number of fused-ring (bicyclic) bond motifs is 1. The summed E-state index contributed by atoms with van der Waals surface area (Å²) in [6.07, 6.45) is 1.16. The number of hydrogen-bond donors (Lipinski definition) is 0. The Hall–Kier alpha value is -1.79. The van der Waals surface area contributed by atoms with Gasteiger partial charge in [-0.15, -0.1) is 0 Å². The predicted molar refractivity (Wildman–Crippen MR) is 99.5 cm³/mol. The Labute approximate surface area is 156 Å². The average molecular weight is 362 g/mol. The van der Waals surface area contributed by atoms with Crippen LogP contribution in [0.15, 0.2) is 18.2 Å². The van der Waals surface area contributed by atoms with Crippen molar-refractivity contribution in [1.82, 2.24) is 9.80 Å². The van der Waals surface area contributed by atoms with Gasteiger partial charge in [-0.05, 0) is 44.5 Å². The van der Waals surface area contributed by atoms with Crippen molar-refractivity contribution in [3.8, 4) is 11.5 Å². The minimum absolute atomic E-state index is 0.0798. The Bertz CT molecular complexity index is 634. The highest BCUT2D eigenvalue weighted by Crippen LogP contribution is 2.31. The van der Waals surface area contributed by atoms with Crippen molar-refractivity contribution >= 4 is 5.91 Å². The van der Waals surface area contributed by atoms with Gasteiger partial charge in [-0.3, -0.25) is 9.69 Å². The monoisotopic (exact) mass is 362 g/mol. The normalized spacial score (nSPS) is 24.3. The number of likely N-dealkylation sites (tertiary alicyclic amines) is 1. The van der Waals surface area contributed by atoms with Gasteiger partial charge in [0.25, 0.3) is 0 Å². The van der Waals surface area contributed by atoms with Crippen LogP contribution in [-0.4, -0.2) is 68.3 Å². The number of benzene rings is 1. The van der Waals surface area contributed by atoms with E-state index in [9.17, 15) is 4.79 Å². The molecule has 0 aromatic heterocycles. The second-order valence-electron chi connectivity index (χ2n) is 7.52. The lowest BCUT2D eigenvalue weighted by molar-refractivity contribution is -0.134. The number of carbonyl (C=O) groups excluding carboxylic acids is 1. The fourth-order valence-electron chi connectivity index (χ4n) is 3.83. The lowest BCUT2D eigenvalue weighted by atomic mass is 9.91. The molecule has 1 amide bonds. The molecule has 1 aromatic rings. The molecule has 2 heterocycles. The Morgan fingerprint density at radius 1 is 1.31 bits per heavy atom. The zero-order chi connectivity index (χ0) is 18.7. The van der Waals surface area contributed by atoms with E-state index < -0.39 is 0 Å². The molecule has 0 spiro atoms. The van der Waals surface area contributed by atoms with Gasteiger partial charge in [0, 0.05) is 32.1 Å². The standard InChI is InChI=1S/C20H30N2O4/c1-14(2)26-18-6-5-15(9-19(18)24-4)10-22-8-7-16-12-25-13-20(23)21(3)17(16)11-22/h5-6,9,14,16-17H,7-8,10-13H2,1-4H3/t16-,17-/m0/s1. The average Bonchev–Trinajstić information content (AvgIpc) is 2.75. The Morgan fingerprint density at radius 2 is 2.12 bits per heavy atom. The van der Waals surface area contributed by atoms with E-state index >= 15 is 0 Å². The van der Waals surface area contributed by atoms with Crippen molar-refractivity contribution in [2.24, 2.45) is 5.92 Å². The Balaban J connectivity index is 1.68. The van der Waals surface area contributed by atoms with Gasteiger partial charge in [0.05, 0.1) is 19.8 Å². The number of amides is 1. The van der Waals surface area contributed by atoms with Crippen LogP contribution < -0.4 is 9.47 Å². The summed E-state index contributed by atoms with van der Waals surface area (Å²) in [6, 6.07) is 6.35. The molecule has 1 aromatic carbocycles. The van der Waals surface area contributed by atoms with Gasteiger partial charge in [0.15, 0.2) is 11.5 Å². The van der Waals surface area contributed by atoms with Crippen molar-refractivity contribution < 1.29 is 19.0 Å². The van der Waals surface area contributed by atoms with E-state index in [1.165, 1.54) is 5.56 Å². The van der Waals surface area contributed by atoms with Gasteiger partial charge >= 0.3 is 0 Å². The van der Waals surface area contributed by atoms with Gasteiger partial charge in [-0.25, -0.2) is 0 Å². The first-order valence-electron chi connectivity index (χ1n) is 9.37. The van der Waals surface area contributed by atoms with Crippen LogP contribution in [0, 0.1) is 5.92 Å². The van der Waals surface area contributed by atoms with Gasteiger partial charge < -0.3 is 19.1 Å². The zero-order valence-electron chi connectivity index (χ0n) is 16.2. The van der Waals surface area contributed by atoms with E-state index in [-0.39, 0.29) is 24.7 Å². The first kappa shape index (κ1) is 19.0. The minimum Gasteiger partial charge on any atom is -0.493 e. The van der Waals surface area contributed by atoms with E-state index in [1.54, 1.807) is 7.11 Å². The summed E-state index contributed by atoms with van der Waals surface area (Å²) in [5.74, 6) is 2.05. The maximum Gasteiger partial charge on any atom is 0.248 e. The molecule has 0 radical (unpaired) electrons. The summed E-state index contributed by atoms with van der Waals surface area (Å²) >= 11 is 0. The van der Waals surface area contributed by atoms with Crippen LogP contribution in [0.25, 0.3) is 0 Å². The zero-order valence-corrected chi connectivity index (χ0v) is 16.2. The summed E-state index contributed by atoms with van der Waals surface area (Å²) in [5.41, 5.74) is 1.19. The summed E-state index contributed by atoms with van der Waals surface area (Å²) in [5, 5.41) is 0. The van der Waals surface area contributed by atoms with Crippen LogP contribution in [0.2, 0.25) is 0 Å². The molecule has 2 fully saturated rings. The smallest absolute Gasteiger partial charge is 0.248 e. The van der Waals surface area contributed by atoms with E-state index in [0.717, 1.165) is 37.6 Å². The summed E-state index contributed by atoms with van der Waals surface area (Å²) in [7, 11) is 3.57. The predicted octanol–water partition coefficient (Wildman–Crippen LogP) is 2.16. The Morgan fingerprint density at radius 3 is 2.85 bits per heavy atom. The highest BCUT2D eigenvalue weighted by molar-refractivity contribution is 5.77. The molecule has 0 unspecified atom stereocenters. The molecule has 0 aliphatic carbocycles. The van der Waals surface area contributed by atoms with Crippen LogP contribution in [0.3, 0.4) is 0 Å². The first-order chi connectivity index (χ1) is 12.5. The third kappa shape index (κ3) is 4.30. The molecule has 6 heteroatoms. The van der Waals surface area contributed by atoms with Crippen molar-refractivity contribution in [3.05, 3.63) is 23.8 Å². The van der Waals surface area contributed by atoms with Crippen LogP contribution in [0.4, 0.5) is 0 Å². The topological polar surface area (TPSA) is 51.2 Å². The maximum atomic E-state index is 12.1. The van der Waals surface area contributed by atoms with Gasteiger partial charge in [0.1, 0.15) is 6.61 Å². The fourth-order valence-corrected chi connectivity index (χ4v) is 3.83. The van der Waals surface area contributed by atoms with E-state index in [2.05, 4.69) is 17.0 Å². The van der Waals surface area contributed by atoms with Crippen molar-refractivity contribution in [2.75, 3.05) is 40.5 Å². The maximum absolute atomic E-state index is 12.1. The molecule has 2 saturated heterocycles. The number of piperidine rings is 1. The Kier molecular flexibility index (Phi) is 6.04. The molecule has 2 atom stereocenters. The van der Waals surface area contributed by atoms with Crippen LogP contribution >= 0.6 is 0 Å². The second kappa shape index (κ2) is 8.27. The van der Waals surface area contributed by atoms with Crippen LogP contribution in [0.5, 0.6) is 11.5 Å². The molecule has 2 aliphatic rings. The van der Waals surface area contributed by atoms with Crippen LogP contribution in [0.1, 0.15) is 25.8 Å². The highest BCUT2D eigenvalue weighted by atomic mass is 16.5. The lowest BCUT2D eigenvalue weighted by Crippen LogP contribution is -2.52. The number of nitrogens with zero attached hydrogens (tertiary/aromatic N) is 2. The number of carbonyl (C=O) groups is 1. The molecule has 26 heavy (non-hydrogen) atoms. The number of likely N-dealkylation sites (N-methyl/N-ethyl adjacent to an activating group) is 1. The number of methoxy groups -OCH3 is 1. The van der Waals surface area contributed by atoms with Gasteiger partial charge in [0.2, 0.25) is 5.91 Å². The third-order valence-electron chi connectivity index (χ3n) is 5.25. The third-order valence-corrected chi connectivity index (χ3v) is 5.25. The van der Waals surface area contributed by atoms with Gasteiger partial charge in [-0.1, -0.05) is 6.07 Å². The minimum atomic E-state index is 0.0798. The molecular weight excluding hydrogens is 332 g/mol. The first-order valence-corrected chi connectivity index (χ1v) is 9.37. The summed E-state index contributed by atoms with van der Waals surface area (Å²) < 4.78 is 16.8. The molecular formula is C20H30N2O4. The largest absolute Gasteiger partial charge is 0.493 e. The van der Waals surface area contributed by atoms with Gasteiger partial charge in [-0.2, -0.15) is 0 Å². The quantitative estimate of drug-likeness (QED) is 0.803. The molecule has 2 aliphatic heterocycles. The van der Waals surface area contributed by atoms with E-state index in [1.807, 2.05) is 31.9 Å². The fraction of sp³-hybridized carbons (Fsp3) is 0.650. The highest BCUT2D eigenvalue weighted by Gasteiger charge is 2.36. The summed E-state index contributed by atoms with van der Waals surface area (Å²) in [4.78, 5) is 16.4. The number of ether oxygens (including phenoxy) is 3. The molecule has 6 nitrogen and oxygen atoms in total. The molecule has 0 saturated carbocycles. The lowest BCUT2D eigenvalue weighted by Gasteiger charge is -2.41. The number of rotatable bonds is 5. The molecule has 0 N–H and O–H groups in total. The van der Waals surface area contributed by atoms with Crippen molar-refractivity contribution in [3.63, 3.8) is 0 Å². The molecule has 0 bridgehead atoms. The van der Waals surface area contributed by atoms with Crippen molar-refractivity contribution in [1.29, 1.82) is 0 Å². The summed E-state index contributed by atoms with van der Waals surface area (Å²) in [6.45, 7) is 7.63. The second-order valence-corrected chi connectivity index (χ2v) is 7.52.